The molecule has 0 fully saturated rings. The van der Waals surface area contributed by atoms with Crippen LogP contribution in [0.4, 0.5) is 10.1 Å². The summed E-state index contributed by atoms with van der Waals surface area (Å²) in [5.41, 5.74) is 6.43. The van der Waals surface area contributed by atoms with E-state index in [1.165, 1.54) is 12.1 Å². The number of halogens is 1. The highest BCUT2D eigenvalue weighted by atomic mass is 19.1. The maximum Gasteiger partial charge on any atom is 0.251 e. The lowest BCUT2D eigenvalue weighted by atomic mass is 10.1. The third kappa shape index (κ3) is 2.76. The smallest absolute Gasteiger partial charge is 0.251 e. The molecule has 0 aliphatic carbocycles. The molecule has 7 heteroatoms. The number of hydrogen-bond donors (Lipinski definition) is 2. The zero-order chi connectivity index (χ0) is 14.7. The Balaban J connectivity index is 2.09. The number of aryl methyl sites for hydroxylation is 1. The van der Waals surface area contributed by atoms with E-state index < -0.39 is 11.7 Å². The molecule has 1 heterocycles. The molecule has 2 aromatic rings. The first-order chi connectivity index (χ1) is 9.52. The molecule has 1 aromatic carbocycles. The molecule has 2 rings (SSSR count). The summed E-state index contributed by atoms with van der Waals surface area (Å²) in [5, 5.41) is 10.3. The Hall–Kier alpha value is -2.44. The molecule has 0 aliphatic heterocycles. The van der Waals surface area contributed by atoms with Gasteiger partial charge in [0.2, 0.25) is 0 Å². The van der Waals surface area contributed by atoms with Gasteiger partial charge in [0, 0.05) is 23.4 Å². The van der Waals surface area contributed by atoms with E-state index >= 15 is 0 Å². The van der Waals surface area contributed by atoms with E-state index in [0.29, 0.717) is 17.9 Å². The SMILES string of the molecule is CCn1cnnc1CNC(=O)c1cc(N)c(C)c(F)c1. The topological polar surface area (TPSA) is 85.8 Å². The van der Waals surface area contributed by atoms with Crippen LogP contribution in [0.1, 0.15) is 28.7 Å². The number of amides is 1. The van der Waals surface area contributed by atoms with Crippen molar-refractivity contribution in [3.63, 3.8) is 0 Å². The van der Waals surface area contributed by atoms with Gasteiger partial charge in [-0.2, -0.15) is 0 Å². The number of aromatic nitrogens is 3. The monoisotopic (exact) mass is 277 g/mol. The van der Waals surface area contributed by atoms with E-state index in [1.807, 2.05) is 11.5 Å². The van der Waals surface area contributed by atoms with Crippen molar-refractivity contribution >= 4 is 11.6 Å². The summed E-state index contributed by atoms with van der Waals surface area (Å²) in [6.45, 7) is 4.45. The molecule has 0 unspecified atom stereocenters. The zero-order valence-corrected chi connectivity index (χ0v) is 11.4. The van der Waals surface area contributed by atoms with Gasteiger partial charge in [-0.25, -0.2) is 4.39 Å². The van der Waals surface area contributed by atoms with Crippen molar-refractivity contribution < 1.29 is 9.18 Å². The van der Waals surface area contributed by atoms with E-state index in [0.717, 1.165) is 0 Å². The highest BCUT2D eigenvalue weighted by Crippen LogP contribution is 2.17. The van der Waals surface area contributed by atoms with E-state index in [2.05, 4.69) is 15.5 Å². The van der Waals surface area contributed by atoms with Gasteiger partial charge in [0.25, 0.3) is 5.91 Å². The summed E-state index contributed by atoms with van der Waals surface area (Å²) in [7, 11) is 0. The van der Waals surface area contributed by atoms with Crippen LogP contribution in [0.5, 0.6) is 0 Å². The number of benzene rings is 1. The first-order valence-corrected chi connectivity index (χ1v) is 6.23. The molecule has 0 bridgehead atoms. The summed E-state index contributed by atoms with van der Waals surface area (Å²) < 4.78 is 15.4. The minimum absolute atomic E-state index is 0.188. The van der Waals surface area contributed by atoms with Gasteiger partial charge < -0.3 is 15.6 Å². The summed E-state index contributed by atoms with van der Waals surface area (Å²) in [6, 6.07) is 2.63. The molecule has 0 radical (unpaired) electrons. The Morgan fingerprint density at radius 2 is 2.25 bits per heavy atom. The Morgan fingerprint density at radius 3 is 2.90 bits per heavy atom. The number of nitrogens with one attached hydrogen (secondary N) is 1. The molecule has 0 spiro atoms. The van der Waals surface area contributed by atoms with Crippen LogP contribution >= 0.6 is 0 Å². The molecule has 20 heavy (non-hydrogen) atoms. The molecular weight excluding hydrogens is 261 g/mol. The predicted molar refractivity (Wildman–Crippen MR) is 72.4 cm³/mol. The molecule has 0 saturated heterocycles. The van der Waals surface area contributed by atoms with Crippen molar-refractivity contribution in [1.29, 1.82) is 0 Å². The molecule has 0 atom stereocenters. The minimum atomic E-state index is -0.494. The zero-order valence-electron chi connectivity index (χ0n) is 11.4. The van der Waals surface area contributed by atoms with Crippen LogP contribution in [0.25, 0.3) is 0 Å². The third-order valence-electron chi connectivity index (χ3n) is 3.09. The van der Waals surface area contributed by atoms with E-state index in [1.54, 1.807) is 13.3 Å². The minimum Gasteiger partial charge on any atom is -0.398 e. The van der Waals surface area contributed by atoms with E-state index in [-0.39, 0.29) is 17.8 Å². The average molecular weight is 277 g/mol. The number of nitrogens with zero attached hydrogens (tertiary/aromatic N) is 3. The summed E-state index contributed by atoms with van der Waals surface area (Å²) in [6.07, 6.45) is 1.59. The molecule has 106 valence electrons. The lowest BCUT2D eigenvalue weighted by Gasteiger charge is -2.08. The number of hydrogen-bond acceptors (Lipinski definition) is 4. The second-order valence-corrected chi connectivity index (χ2v) is 4.39. The fraction of sp³-hybridized carbons (Fsp3) is 0.308. The van der Waals surface area contributed by atoms with Crippen molar-refractivity contribution in [2.45, 2.75) is 26.9 Å². The van der Waals surface area contributed by atoms with Crippen molar-refractivity contribution in [2.24, 2.45) is 0 Å². The van der Waals surface area contributed by atoms with Crippen molar-refractivity contribution in [3.05, 3.63) is 41.2 Å². The Morgan fingerprint density at radius 1 is 1.50 bits per heavy atom. The number of nitrogen functional groups attached to an aromatic ring is 1. The van der Waals surface area contributed by atoms with Crippen LogP contribution in [-0.2, 0) is 13.1 Å². The number of rotatable bonds is 4. The van der Waals surface area contributed by atoms with E-state index in [9.17, 15) is 9.18 Å². The van der Waals surface area contributed by atoms with Gasteiger partial charge in [-0.05, 0) is 26.0 Å². The fourth-order valence-electron chi connectivity index (χ4n) is 1.77. The van der Waals surface area contributed by atoms with E-state index in [4.69, 9.17) is 5.73 Å². The summed E-state index contributed by atoms with van der Waals surface area (Å²) >= 11 is 0. The first-order valence-electron chi connectivity index (χ1n) is 6.23. The van der Waals surface area contributed by atoms with Crippen LogP contribution in [0.3, 0.4) is 0 Å². The lowest BCUT2D eigenvalue weighted by molar-refractivity contribution is 0.0949. The van der Waals surface area contributed by atoms with Gasteiger partial charge in [0.15, 0.2) is 5.82 Å². The molecule has 0 saturated carbocycles. The Labute approximate surface area is 115 Å². The maximum atomic E-state index is 13.5. The van der Waals surface area contributed by atoms with Crippen molar-refractivity contribution in [2.75, 3.05) is 5.73 Å². The van der Waals surface area contributed by atoms with Crippen LogP contribution in [0.2, 0.25) is 0 Å². The Kier molecular flexibility index (Phi) is 3.97. The molecule has 1 amide bonds. The highest BCUT2D eigenvalue weighted by molar-refractivity contribution is 5.95. The van der Waals surface area contributed by atoms with Crippen molar-refractivity contribution in [3.8, 4) is 0 Å². The average Bonchev–Trinajstić information content (AvgIpc) is 2.89. The summed E-state index contributed by atoms with van der Waals surface area (Å²) in [4.78, 5) is 12.0. The normalized spacial score (nSPS) is 10.6. The van der Waals surface area contributed by atoms with Crippen molar-refractivity contribution in [1.82, 2.24) is 20.1 Å². The number of carbonyl (C=O) groups is 1. The number of nitrogens with two attached hydrogens (primary N) is 1. The van der Waals surface area contributed by atoms with Gasteiger partial charge in [-0.1, -0.05) is 0 Å². The van der Waals surface area contributed by atoms with Gasteiger partial charge in [0.1, 0.15) is 12.1 Å². The number of anilines is 1. The first kappa shape index (κ1) is 14.0. The van der Waals surface area contributed by atoms with Gasteiger partial charge >= 0.3 is 0 Å². The second kappa shape index (κ2) is 5.68. The third-order valence-corrected chi connectivity index (χ3v) is 3.09. The lowest BCUT2D eigenvalue weighted by Crippen LogP contribution is -2.25. The van der Waals surface area contributed by atoms with Crippen LogP contribution in [0.15, 0.2) is 18.5 Å². The van der Waals surface area contributed by atoms with Gasteiger partial charge in [-0.15, -0.1) is 10.2 Å². The molecule has 1 aromatic heterocycles. The quantitative estimate of drug-likeness (QED) is 0.824. The Bertz CT molecular complexity index is 614. The molecule has 3 N–H and O–H groups in total. The summed E-state index contributed by atoms with van der Waals surface area (Å²) in [5.74, 6) is -0.255. The van der Waals surface area contributed by atoms with Crippen LogP contribution < -0.4 is 11.1 Å². The fourth-order valence-corrected chi connectivity index (χ4v) is 1.77. The van der Waals surface area contributed by atoms with Gasteiger partial charge in [-0.3, -0.25) is 4.79 Å². The highest BCUT2D eigenvalue weighted by Gasteiger charge is 2.12. The number of carbonyl (C=O) groups excluding carboxylic acids is 1. The van der Waals surface area contributed by atoms with Crippen LogP contribution in [-0.4, -0.2) is 20.7 Å². The standard InChI is InChI=1S/C13H16FN5O/c1-3-19-7-17-18-12(19)6-16-13(20)9-4-10(14)8(2)11(15)5-9/h4-5,7H,3,6,15H2,1-2H3,(H,16,20). The maximum absolute atomic E-state index is 13.5. The predicted octanol–water partition coefficient (Wildman–Crippen LogP) is 1.26. The molecule has 0 aliphatic rings. The largest absolute Gasteiger partial charge is 0.398 e. The van der Waals surface area contributed by atoms with Crippen LogP contribution in [0, 0.1) is 12.7 Å². The van der Waals surface area contributed by atoms with Gasteiger partial charge in [0.05, 0.1) is 6.54 Å². The second-order valence-electron chi connectivity index (χ2n) is 4.39. The molecular formula is C13H16FN5O. The molecule has 6 nitrogen and oxygen atoms in total.